The monoisotopic (exact) mass is 697 g/mol. The summed E-state index contributed by atoms with van der Waals surface area (Å²) in [5, 5.41) is 18.1. The molecule has 0 spiro atoms. The molecule has 2 aromatic rings. The van der Waals surface area contributed by atoms with Crippen molar-refractivity contribution in [3.05, 3.63) is 45.7 Å². The van der Waals surface area contributed by atoms with Gasteiger partial charge in [0.1, 0.15) is 5.75 Å². The molecule has 0 amide bonds. The van der Waals surface area contributed by atoms with Crippen LogP contribution >= 0.6 is 11.3 Å². The van der Waals surface area contributed by atoms with Gasteiger partial charge in [0.25, 0.3) is 0 Å². The molecule has 2 radical (unpaired) electrons. The zero-order valence-electron chi connectivity index (χ0n) is 17.8. The zero-order chi connectivity index (χ0) is 17.4. The summed E-state index contributed by atoms with van der Waals surface area (Å²) in [5.41, 5.74) is 2.96. The van der Waals surface area contributed by atoms with E-state index >= 15 is 0 Å². The summed E-state index contributed by atoms with van der Waals surface area (Å²) >= 11 is 1.51. The first-order valence-electron chi connectivity index (χ1n) is 7.98. The first kappa shape index (κ1) is 37.1. The minimum Gasteiger partial charge on any atom is -0.507 e. The number of benzene rings is 1. The van der Waals surface area contributed by atoms with Crippen molar-refractivity contribution in [1.29, 1.82) is 0 Å². The number of thiazole rings is 1. The molecule has 0 aliphatic heterocycles. The van der Waals surface area contributed by atoms with Crippen LogP contribution in [-0.4, -0.2) is 21.0 Å². The van der Waals surface area contributed by atoms with Crippen molar-refractivity contribution in [2.45, 2.75) is 65.3 Å². The maximum absolute atomic E-state index is 10.8. The van der Waals surface area contributed by atoms with E-state index in [2.05, 4.69) is 64.0 Å². The van der Waals surface area contributed by atoms with Gasteiger partial charge in [-0.05, 0) is 44.1 Å². The number of nitrogens with zero attached hydrogens (tertiary/aromatic N) is 2. The Bertz CT molecular complexity index is 688. The van der Waals surface area contributed by atoms with Crippen LogP contribution in [0.5, 0.6) is 5.75 Å². The van der Waals surface area contributed by atoms with E-state index in [1.807, 2.05) is 12.3 Å². The van der Waals surface area contributed by atoms with E-state index in [1.54, 1.807) is 6.20 Å². The Balaban J connectivity index is -0.000000576. The van der Waals surface area contributed by atoms with Crippen molar-refractivity contribution in [1.82, 2.24) is 4.98 Å². The van der Waals surface area contributed by atoms with E-state index in [0.717, 1.165) is 16.3 Å². The van der Waals surface area contributed by atoms with Gasteiger partial charge in [0.15, 0.2) is 0 Å². The Labute approximate surface area is 254 Å². The van der Waals surface area contributed by atoms with Gasteiger partial charge in [0, 0.05) is 104 Å². The van der Waals surface area contributed by atoms with E-state index in [4.69, 9.17) is 0 Å². The van der Waals surface area contributed by atoms with Crippen molar-refractivity contribution in [3.63, 3.8) is 0 Å². The van der Waals surface area contributed by atoms with Gasteiger partial charge >= 0.3 is 0 Å². The van der Waals surface area contributed by atoms with Crippen molar-refractivity contribution >= 4 is 16.5 Å². The van der Waals surface area contributed by atoms with Crippen LogP contribution < -0.4 is 0 Å². The summed E-state index contributed by atoms with van der Waals surface area (Å²) < 4.78 is 0. The molecular weight excluding hydrogens is 666 g/mol. The predicted molar refractivity (Wildman–Crippen MR) is 106 cm³/mol. The van der Waals surface area contributed by atoms with Crippen LogP contribution in [-0.2, 0) is 32.5 Å². The first-order valence-corrected chi connectivity index (χ1v) is 8.86. The number of hydrogen-bond donors (Lipinski definition) is 1. The number of rotatable bonds is 3. The van der Waals surface area contributed by atoms with Crippen LogP contribution in [0.15, 0.2) is 23.7 Å². The molecule has 9 heteroatoms. The molecule has 0 saturated carbocycles. The minimum atomic E-state index is -0.135. The fourth-order valence-corrected chi connectivity index (χ4v) is 3.08. The number of hydrogen-bond acceptors (Lipinski definition) is 3. The topological polar surface area (TPSA) is 110 Å². The third-order valence-corrected chi connectivity index (χ3v) is 4.67. The maximum atomic E-state index is 10.8. The first-order chi connectivity index (χ1) is 10.5. The van der Waals surface area contributed by atoms with E-state index in [-0.39, 0.29) is 132 Å². The summed E-state index contributed by atoms with van der Waals surface area (Å²) in [6.07, 6.45) is 1.75. The van der Waals surface area contributed by atoms with Crippen LogP contribution in [0.2, 0.25) is 0 Å². The number of aromatic nitrogens is 1. The third kappa shape index (κ3) is 9.96. The number of phenols is 1. The molecule has 28 heavy (non-hydrogen) atoms. The summed E-state index contributed by atoms with van der Waals surface area (Å²) in [6.45, 7) is 15.0. The van der Waals surface area contributed by atoms with Gasteiger partial charge in [0.05, 0.1) is 0 Å². The van der Waals surface area contributed by atoms with E-state index in [9.17, 15) is 5.11 Å². The van der Waals surface area contributed by atoms with Crippen molar-refractivity contribution < 1.29 is 120 Å². The summed E-state index contributed by atoms with van der Waals surface area (Å²) in [6, 6.07) is 4.09. The molecule has 152 valence electrons. The average molecular weight is 697 g/mol. The third-order valence-electron chi connectivity index (χ3n) is 3.99. The molecule has 0 aliphatic carbocycles. The standard InChI is InChI=1S/C19H27N2OS.2H2O.2Pr.Ti/c1-12(21-17-20-8-9-23-17)14-10-13(18(2,3)4)11-15(16(14)22)19(5,6)7;;;;;/h8-12H,1-7H3,(H-,20,21,22);2*1H2;;;/q-1;;;;;. The second-order valence-electron chi connectivity index (χ2n) is 8.08. The zero-order valence-corrected chi connectivity index (χ0v) is 27.6. The van der Waals surface area contributed by atoms with Gasteiger partial charge in [-0.3, -0.25) is 0 Å². The van der Waals surface area contributed by atoms with Crippen LogP contribution in [0, 0.1) is 82.6 Å². The smallest absolute Gasteiger partial charge is 0.122 e. The van der Waals surface area contributed by atoms with Crippen molar-refractivity contribution in [3.8, 4) is 5.75 Å². The van der Waals surface area contributed by atoms with Crippen molar-refractivity contribution in [2.75, 3.05) is 0 Å². The Morgan fingerprint density at radius 1 is 1.00 bits per heavy atom. The predicted octanol–water partition coefficient (Wildman–Crippen LogP) is 4.56. The molecule has 1 unspecified atom stereocenters. The summed E-state index contributed by atoms with van der Waals surface area (Å²) in [7, 11) is 0. The van der Waals surface area contributed by atoms with Crippen LogP contribution in [0.4, 0.5) is 5.13 Å². The molecule has 0 saturated heterocycles. The van der Waals surface area contributed by atoms with Gasteiger partial charge in [0.2, 0.25) is 0 Å². The molecule has 1 aromatic carbocycles. The molecule has 1 heterocycles. The van der Waals surface area contributed by atoms with Crippen LogP contribution in [0.25, 0.3) is 5.32 Å². The van der Waals surface area contributed by atoms with E-state index < -0.39 is 0 Å². The second-order valence-corrected chi connectivity index (χ2v) is 8.95. The maximum Gasteiger partial charge on any atom is 0.122 e. The average Bonchev–Trinajstić information content (AvgIpc) is 2.88. The Kier molecular flexibility index (Phi) is 19.6. The Hall–Kier alpha value is 1.81. The largest absolute Gasteiger partial charge is 0.507 e. The number of phenolic OH excluding ortho intramolecular Hbond substituents is 1. The molecule has 5 nitrogen and oxygen atoms in total. The van der Waals surface area contributed by atoms with E-state index in [0.29, 0.717) is 5.75 Å². The van der Waals surface area contributed by atoms with Gasteiger partial charge < -0.3 is 26.4 Å². The SMILES string of the molecule is CC([N-]c1nccs1)c1cc(C(C)(C)C)cc(C(C)(C)C)c1O.O.O.[Pr].[Pr].[Ti]. The normalized spacial score (nSPS) is 11.4. The fraction of sp³-hybridized carbons (Fsp3) is 0.526. The van der Waals surface area contributed by atoms with Gasteiger partial charge in [-0.1, -0.05) is 66.8 Å². The summed E-state index contributed by atoms with van der Waals surface area (Å²) in [5.74, 6) is 0.360. The van der Waals surface area contributed by atoms with E-state index in [1.165, 1.54) is 16.9 Å². The Morgan fingerprint density at radius 2 is 1.54 bits per heavy atom. The van der Waals surface area contributed by atoms with Gasteiger partial charge in [-0.15, -0.1) is 0 Å². The van der Waals surface area contributed by atoms with Gasteiger partial charge in [-0.25, -0.2) is 0 Å². The molecule has 2 rings (SSSR count). The second kappa shape index (κ2) is 14.8. The number of aromatic hydroxyl groups is 1. The Morgan fingerprint density at radius 3 is 1.93 bits per heavy atom. The molecule has 0 aliphatic rings. The molecule has 1 aromatic heterocycles. The molecular formula is C19H31N2O3Pr2STi-. The summed E-state index contributed by atoms with van der Waals surface area (Å²) in [4.78, 5) is 4.22. The molecule has 0 fully saturated rings. The quantitative estimate of drug-likeness (QED) is 0.475. The van der Waals surface area contributed by atoms with Crippen molar-refractivity contribution in [2.24, 2.45) is 0 Å². The molecule has 0 bridgehead atoms. The van der Waals surface area contributed by atoms with Crippen LogP contribution in [0.3, 0.4) is 0 Å². The molecule has 5 N–H and O–H groups in total. The fourth-order valence-electron chi connectivity index (χ4n) is 2.49. The molecule has 1 atom stereocenters. The minimum absolute atomic E-state index is 0. The van der Waals surface area contributed by atoms with Crippen LogP contribution in [0.1, 0.15) is 71.2 Å². The van der Waals surface area contributed by atoms with Gasteiger partial charge in [-0.2, -0.15) is 11.3 Å².